The van der Waals surface area contributed by atoms with Gasteiger partial charge in [-0.1, -0.05) is 206 Å². The van der Waals surface area contributed by atoms with Crippen molar-refractivity contribution in [3.8, 4) is 51.0 Å². The van der Waals surface area contributed by atoms with Crippen molar-refractivity contribution in [2.45, 2.75) is 0 Å². The molecule has 0 saturated heterocycles. The van der Waals surface area contributed by atoms with E-state index in [9.17, 15) is 5.41 Å². The maximum absolute atomic E-state index is 9.70. The Labute approximate surface area is 394 Å². The fourth-order valence-electron chi connectivity index (χ4n) is 9.36. The average Bonchev–Trinajstić information content (AvgIpc) is 3.76. The highest BCUT2D eigenvalue weighted by Gasteiger charge is 2.25. The summed E-state index contributed by atoms with van der Waals surface area (Å²) in [6, 6.07) is 81.4. The van der Waals surface area contributed by atoms with Crippen molar-refractivity contribution in [3.05, 3.63) is 264 Å². The minimum absolute atomic E-state index is 0.444. The summed E-state index contributed by atoms with van der Waals surface area (Å²) in [5.74, 6) is 1.80. The van der Waals surface area contributed by atoms with Crippen molar-refractivity contribution >= 4 is 50.6 Å². The van der Waals surface area contributed by atoms with Crippen LogP contribution in [0.1, 0.15) is 27.8 Å². The fraction of sp³-hybridized carbons (Fsp3) is 0. The zero-order chi connectivity index (χ0) is 45.4. The van der Waals surface area contributed by atoms with Crippen LogP contribution in [0.3, 0.4) is 0 Å². The third kappa shape index (κ3) is 7.46. The van der Waals surface area contributed by atoms with Crippen molar-refractivity contribution in [1.82, 2.24) is 24.8 Å². The third-order valence-electron chi connectivity index (χ3n) is 12.7. The number of rotatable bonds is 9. The van der Waals surface area contributed by atoms with Gasteiger partial charge in [0.1, 0.15) is 0 Å². The highest BCUT2D eigenvalue weighted by molar-refractivity contribution is 6.36. The molecule has 11 aromatic rings. The summed E-state index contributed by atoms with van der Waals surface area (Å²) in [5.41, 5.74) is 16.2. The molecular formula is C62H42N6. The molecule has 6 nitrogen and oxygen atoms in total. The summed E-state index contributed by atoms with van der Waals surface area (Å²) in [5, 5.41) is 16.0. The summed E-state index contributed by atoms with van der Waals surface area (Å²) >= 11 is 0. The van der Waals surface area contributed by atoms with Gasteiger partial charge in [-0.15, -0.1) is 0 Å². The molecule has 0 aliphatic carbocycles. The number of hydrogen-bond acceptors (Lipinski definition) is 5. The van der Waals surface area contributed by atoms with Gasteiger partial charge in [-0.05, 0) is 64.2 Å². The molecule has 2 N–H and O–H groups in total. The maximum Gasteiger partial charge on any atom is 0.164 e. The first-order chi connectivity index (χ1) is 33.6. The Bertz CT molecular complexity index is 3690. The van der Waals surface area contributed by atoms with Crippen LogP contribution in [0, 0.1) is 5.41 Å². The number of aromatic nitrogens is 4. The molecule has 9 aromatic carbocycles. The molecule has 0 amide bonds. The summed E-state index contributed by atoms with van der Waals surface area (Å²) in [6.45, 7) is 0. The number of nitrogens with zero attached hydrogens (tertiary/aromatic N) is 4. The van der Waals surface area contributed by atoms with Crippen molar-refractivity contribution in [3.63, 3.8) is 0 Å². The van der Waals surface area contributed by atoms with Crippen molar-refractivity contribution in [1.29, 1.82) is 5.41 Å². The quantitative estimate of drug-likeness (QED) is 0.142. The second-order valence-corrected chi connectivity index (χ2v) is 16.9. The van der Waals surface area contributed by atoms with Gasteiger partial charge in [0, 0.05) is 55.5 Å². The first-order valence-corrected chi connectivity index (χ1v) is 22.8. The van der Waals surface area contributed by atoms with Gasteiger partial charge in [0.15, 0.2) is 17.5 Å². The molecule has 1 aliphatic rings. The monoisotopic (exact) mass is 870 g/mol. The standard InChI is InChI=1S/C62H42N6/c63-58(44-22-9-3-10-23-44)57(43-20-7-2-8-21-43)59-53-39-47(36-37-48(53)40-54(64-59)42-18-5-1-6-19-42)41-32-34-46(35-33-41)61-65-60(45-24-11-4-12-25-45)66-62(67-61)49-26-17-27-50(38-49)68-55-30-15-13-28-51(55)52-29-14-16-31-56(52)68/h1-40,63-64H/b59-57-,63-58?. The van der Waals surface area contributed by atoms with Crippen LogP contribution < -0.4 is 5.32 Å². The maximum atomic E-state index is 9.70. The molecule has 0 fully saturated rings. The number of benzene rings is 9. The van der Waals surface area contributed by atoms with Gasteiger partial charge in [0.05, 0.1) is 22.4 Å². The van der Waals surface area contributed by atoms with E-state index >= 15 is 0 Å². The van der Waals surface area contributed by atoms with E-state index in [1.807, 2.05) is 84.9 Å². The summed E-state index contributed by atoms with van der Waals surface area (Å²) in [6.07, 6.45) is 2.21. The van der Waals surface area contributed by atoms with Crippen LogP contribution in [0.4, 0.5) is 0 Å². The second-order valence-electron chi connectivity index (χ2n) is 16.9. The van der Waals surface area contributed by atoms with Gasteiger partial charge < -0.3 is 9.88 Å². The Kier molecular flexibility index (Phi) is 10.2. The van der Waals surface area contributed by atoms with Crippen LogP contribution in [-0.2, 0) is 0 Å². The molecule has 68 heavy (non-hydrogen) atoms. The normalized spacial score (nSPS) is 12.9. The molecule has 3 heterocycles. The number of fused-ring (bicyclic) bond motifs is 4. The van der Waals surface area contributed by atoms with E-state index in [1.165, 1.54) is 10.8 Å². The molecule has 320 valence electrons. The second kappa shape index (κ2) is 17.3. The van der Waals surface area contributed by atoms with E-state index in [0.717, 1.165) is 89.3 Å². The van der Waals surface area contributed by atoms with Crippen molar-refractivity contribution in [2.24, 2.45) is 0 Å². The molecule has 0 radical (unpaired) electrons. The van der Waals surface area contributed by atoms with Crippen LogP contribution in [-0.4, -0.2) is 25.2 Å². The van der Waals surface area contributed by atoms with Crippen LogP contribution in [0.15, 0.2) is 237 Å². The summed E-state index contributed by atoms with van der Waals surface area (Å²) in [7, 11) is 0. The third-order valence-corrected chi connectivity index (χ3v) is 12.7. The molecule has 12 rings (SSSR count). The van der Waals surface area contributed by atoms with Gasteiger partial charge in [0.2, 0.25) is 0 Å². The largest absolute Gasteiger partial charge is 0.354 e. The topological polar surface area (TPSA) is 79.5 Å². The van der Waals surface area contributed by atoms with Crippen molar-refractivity contribution in [2.75, 3.05) is 0 Å². The average molecular weight is 871 g/mol. The lowest BCUT2D eigenvalue weighted by molar-refractivity contribution is 1.07. The first-order valence-electron chi connectivity index (χ1n) is 22.8. The smallest absolute Gasteiger partial charge is 0.164 e. The molecule has 0 spiro atoms. The van der Waals surface area contributed by atoms with Gasteiger partial charge in [-0.25, -0.2) is 15.0 Å². The van der Waals surface area contributed by atoms with E-state index in [-0.39, 0.29) is 0 Å². The number of para-hydroxylation sites is 2. The lowest BCUT2D eigenvalue weighted by Crippen LogP contribution is -2.20. The molecule has 0 unspecified atom stereocenters. The van der Waals surface area contributed by atoms with Gasteiger partial charge in [0.25, 0.3) is 0 Å². The molecule has 1 aliphatic heterocycles. The predicted molar refractivity (Wildman–Crippen MR) is 280 cm³/mol. The van der Waals surface area contributed by atoms with Crippen molar-refractivity contribution < 1.29 is 0 Å². The van der Waals surface area contributed by atoms with E-state index in [2.05, 4.69) is 168 Å². The van der Waals surface area contributed by atoms with Crippen LogP contribution in [0.25, 0.3) is 95.8 Å². The summed E-state index contributed by atoms with van der Waals surface area (Å²) in [4.78, 5) is 15.3. The van der Waals surface area contributed by atoms with E-state index in [4.69, 9.17) is 15.0 Å². The minimum atomic E-state index is 0.444. The van der Waals surface area contributed by atoms with Crippen LogP contribution in [0.5, 0.6) is 0 Å². The van der Waals surface area contributed by atoms with Gasteiger partial charge in [-0.3, -0.25) is 5.41 Å². The molecule has 0 saturated carbocycles. The zero-order valence-corrected chi connectivity index (χ0v) is 36.9. The Morgan fingerprint density at radius 1 is 0.397 bits per heavy atom. The molecule has 0 atom stereocenters. The van der Waals surface area contributed by atoms with E-state index in [0.29, 0.717) is 23.2 Å². The fourth-order valence-corrected chi connectivity index (χ4v) is 9.36. The highest BCUT2D eigenvalue weighted by atomic mass is 15.0. The summed E-state index contributed by atoms with van der Waals surface area (Å²) < 4.78 is 2.32. The Morgan fingerprint density at radius 2 is 0.882 bits per heavy atom. The Balaban J connectivity index is 0.957. The minimum Gasteiger partial charge on any atom is -0.354 e. The number of allylic oxidation sites excluding steroid dienone is 1. The van der Waals surface area contributed by atoms with E-state index < -0.39 is 0 Å². The predicted octanol–water partition coefficient (Wildman–Crippen LogP) is 14.7. The lowest BCUT2D eigenvalue weighted by atomic mass is 9.86. The van der Waals surface area contributed by atoms with E-state index in [1.54, 1.807) is 0 Å². The highest BCUT2D eigenvalue weighted by Crippen LogP contribution is 2.39. The molecule has 6 heteroatoms. The van der Waals surface area contributed by atoms with Gasteiger partial charge >= 0.3 is 0 Å². The van der Waals surface area contributed by atoms with Crippen LogP contribution >= 0.6 is 0 Å². The molecule has 0 bridgehead atoms. The number of hydrogen-bond donors (Lipinski definition) is 2. The molecule has 2 aromatic heterocycles. The zero-order valence-electron chi connectivity index (χ0n) is 36.9. The lowest BCUT2D eigenvalue weighted by Gasteiger charge is -2.27. The SMILES string of the molecule is N=C(/C(=C1\NC(c2ccccc2)=Cc2ccc(-c3ccc(-c4nc(-c5ccccc5)nc(-c5cccc(-n6c7ccccc7c7ccccc76)c5)n4)cc3)cc21)c1ccccc1)c1ccccc1. The molecular weight excluding hydrogens is 829 g/mol. The van der Waals surface area contributed by atoms with Gasteiger partial charge in [-0.2, -0.15) is 0 Å². The Morgan fingerprint density at radius 3 is 1.51 bits per heavy atom. The Hall–Kier alpha value is -9.26. The first kappa shape index (κ1) is 40.3. The number of nitrogens with one attached hydrogen (secondary N) is 2. The van der Waals surface area contributed by atoms with Crippen LogP contribution in [0.2, 0.25) is 0 Å².